The molecule has 1 fully saturated rings. The lowest BCUT2D eigenvalue weighted by atomic mass is 10.3. The van der Waals surface area contributed by atoms with E-state index in [1.807, 2.05) is 25.2 Å². The fourth-order valence-electron chi connectivity index (χ4n) is 2.41. The second-order valence-corrected chi connectivity index (χ2v) is 5.47. The summed E-state index contributed by atoms with van der Waals surface area (Å²) in [6.07, 6.45) is 1.23. The van der Waals surface area contributed by atoms with E-state index in [-0.39, 0.29) is 0 Å². The first-order valence-electron chi connectivity index (χ1n) is 7.06. The van der Waals surface area contributed by atoms with Gasteiger partial charge in [-0.15, -0.1) is 0 Å². The SMILES string of the molecule is CN=C(NCc1nc2ccccc2n1C)NC1CC1C. The van der Waals surface area contributed by atoms with Gasteiger partial charge in [-0.3, -0.25) is 4.99 Å². The van der Waals surface area contributed by atoms with E-state index in [0.717, 1.165) is 28.7 Å². The third-order valence-corrected chi connectivity index (χ3v) is 3.95. The molecule has 20 heavy (non-hydrogen) atoms. The van der Waals surface area contributed by atoms with Gasteiger partial charge in [-0.2, -0.15) is 0 Å². The van der Waals surface area contributed by atoms with E-state index in [0.29, 0.717) is 12.6 Å². The fourth-order valence-corrected chi connectivity index (χ4v) is 2.41. The summed E-state index contributed by atoms with van der Waals surface area (Å²) in [4.78, 5) is 8.90. The maximum absolute atomic E-state index is 4.65. The summed E-state index contributed by atoms with van der Waals surface area (Å²) < 4.78 is 2.12. The van der Waals surface area contributed by atoms with Crippen molar-refractivity contribution in [2.75, 3.05) is 7.05 Å². The average Bonchev–Trinajstić information content (AvgIpc) is 3.06. The summed E-state index contributed by atoms with van der Waals surface area (Å²) >= 11 is 0. The number of para-hydroxylation sites is 2. The van der Waals surface area contributed by atoms with E-state index in [4.69, 9.17) is 0 Å². The molecule has 0 amide bonds. The lowest BCUT2D eigenvalue weighted by Crippen LogP contribution is -2.39. The number of guanidine groups is 1. The molecule has 0 aliphatic heterocycles. The first kappa shape index (κ1) is 13.0. The van der Waals surface area contributed by atoms with Gasteiger partial charge in [0.05, 0.1) is 17.6 Å². The Balaban J connectivity index is 1.68. The van der Waals surface area contributed by atoms with Crippen molar-refractivity contribution in [2.45, 2.75) is 25.9 Å². The number of hydrogen-bond donors (Lipinski definition) is 2. The number of rotatable bonds is 3. The highest BCUT2D eigenvalue weighted by molar-refractivity contribution is 5.80. The van der Waals surface area contributed by atoms with Crippen molar-refractivity contribution in [3.63, 3.8) is 0 Å². The molecule has 0 spiro atoms. The smallest absolute Gasteiger partial charge is 0.191 e. The molecule has 5 heteroatoms. The second-order valence-electron chi connectivity index (χ2n) is 5.47. The van der Waals surface area contributed by atoms with E-state index < -0.39 is 0 Å². The quantitative estimate of drug-likeness (QED) is 0.659. The highest BCUT2D eigenvalue weighted by Gasteiger charge is 2.33. The molecule has 1 aliphatic carbocycles. The number of aliphatic imine (C=N–C) groups is 1. The molecule has 0 radical (unpaired) electrons. The van der Waals surface area contributed by atoms with E-state index in [2.05, 4.69) is 38.2 Å². The topological polar surface area (TPSA) is 54.2 Å². The lowest BCUT2D eigenvalue weighted by Gasteiger charge is -2.11. The van der Waals surface area contributed by atoms with Crippen LogP contribution in [0.5, 0.6) is 0 Å². The summed E-state index contributed by atoms with van der Waals surface area (Å²) in [7, 11) is 3.85. The van der Waals surface area contributed by atoms with Gasteiger partial charge in [-0.25, -0.2) is 4.98 Å². The number of benzene rings is 1. The lowest BCUT2D eigenvalue weighted by molar-refractivity contribution is 0.722. The predicted molar refractivity (Wildman–Crippen MR) is 81.6 cm³/mol. The molecule has 1 aromatic heterocycles. The molecule has 1 aliphatic rings. The fraction of sp³-hybridized carbons (Fsp3) is 0.467. The molecule has 2 atom stereocenters. The van der Waals surface area contributed by atoms with Crippen LogP contribution in [-0.2, 0) is 13.6 Å². The summed E-state index contributed by atoms with van der Waals surface area (Å²) in [6, 6.07) is 8.75. The van der Waals surface area contributed by atoms with Gasteiger partial charge in [0.15, 0.2) is 5.96 Å². The molecular weight excluding hydrogens is 250 g/mol. The number of aryl methyl sites for hydroxylation is 1. The normalized spacial score (nSPS) is 22.1. The Morgan fingerprint density at radius 1 is 1.45 bits per heavy atom. The highest BCUT2D eigenvalue weighted by Crippen LogP contribution is 2.28. The van der Waals surface area contributed by atoms with Crippen molar-refractivity contribution < 1.29 is 0 Å². The standard InChI is InChI=1S/C15H21N5/c1-10-8-12(10)19-15(16-2)17-9-14-18-11-6-4-5-7-13(11)20(14)3/h4-7,10,12H,8-9H2,1-3H3,(H2,16,17,19). The molecule has 106 valence electrons. The second kappa shape index (κ2) is 5.15. The molecule has 0 saturated heterocycles. The minimum Gasteiger partial charge on any atom is -0.353 e. The average molecular weight is 271 g/mol. The number of imidazole rings is 1. The van der Waals surface area contributed by atoms with Crippen LogP contribution in [0.4, 0.5) is 0 Å². The first-order valence-corrected chi connectivity index (χ1v) is 7.06. The third kappa shape index (κ3) is 2.48. The van der Waals surface area contributed by atoms with E-state index >= 15 is 0 Å². The predicted octanol–water partition coefficient (Wildman–Crippen LogP) is 1.65. The molecule has 2 N–H and O–H groups in total. The monoisotopic (exact) mass is 271 g/mol. The largest absolute Gasteiger partial charge is 0.353 e. The summed E-state index contributed by atoms with van der Waals surface area (Å²) in [6.45, 7) is 2.92. The number of fused-ring (bicyclic) bond motifs is 1. The number of aromatic nitrogens is 2. The molecule has 3 rings (SSSR count). The van der Waals surface area contributed by atoms with Gasteiger partial charge in [0.2, 0.25) is 0 Å². The van der Waals surface area contributed by atoms with Crippen LogP contribution < -0.4 is 10.6 Å². The molecule has 5 nitrogen and oxygen atoms in total. The first-order chi connectivity index (χ1) is 9.69. The zero-order valence-corrected chi connectivity index (χ0v) is 12.2. The van der Waals surface area contributed by atoms with Gasteiger partial charge in [0, 0.05) is 20.1 Å². The maximum atomic E-state index is 4.65. The van der Waals surface area contributed by atoms with Crippen LogP contribution in [0.3, 0.4) is 0 Å². The third-order valence-electron chi connectivity index (χ3n) is 3.95. The van der Waals surface area contributed by atoms with Crippen molar-refractivity contribution in [2.24, 2.45) is 18.0 Å². The number of nitrogens with zero attached hydrogens (tertiary/aromatic N) is 3. The van der Waals surface area contributed by atoms with Crippen molar-refractivity contribution >= 4 is 17.0 Å². The van der Waals surface area contributed by atoms with Crippen molar-refractivity contribution in [3.05, 3.63) is 30.1 Å². The van der Waals surface area contributed by atoms with Gasteiger partial charge in [0.25, 0.3) is 0 Å². The Bertz CT molecular complexity index is 643. The van der Waals surface area contributed by atoms with Gasteiger partial charge >= 0.3 is 0 Å². The van der Waals surface area contributed by atoms with Crippen LogP contribution in [0.2, 0.25) is 0 Å². The molecule has 1 heterocycles. The van der Waals surface area contributed by atoms with Crippen LogP contribution in [0.25, 0.3) is 11.0 Å². The Morgan fingerprint density at radius 2 is 2.20 bits per heavy atom. The van der Waals surface area contributed by atoms with Crippen LogP contribution in [0.15, 0.2) is 29.3 Å². The van der Waals surface area contributed by atoms with Crippen LogP contribution in [0, 0.1) is 5.92 Å². The summed E-state index contributed by atoms with van der Waals surface area (Å²) in [5.41, 5.74) is 2.19. The van der Waals surface area contributed by atoms with E-state index in [1.54, 1.807) is 7.05 Å². The van der Waals surface area contributed by atoms with E-state index in [9.17, 15) is 0 Å². The Morgan fingerprint density at radius 3 is 2.85 bits per heavy atom. The van der Waals surface area contributed by atoms with Crippen molar-refractivity contribution in [1.29, 1.82) is 0 Å². The Hall–Kier alpha value is -2.04. The van der Waals surface area contributed by atoms with Crippen molar-refractivity contribution in [1.82, 2.24) is 20.2 Å². The molecule has 1 aromatic carbocycles. The van der Waals surface area contributed by atoms with Gasteiger partial charge < -0.3 is 15.2 Å². The number of nitrogens with one attached hydrogen (secondary N) is 2. The van der Waals surface area contributed by atoms with Gasteiger partial charge in [0.1, 0.15) is 5.82 Å². The maximum Gasteiger partial charge on any atom is 0.191 e. The zero-order valence-electron chi connectivity index (χ0n) is 12.2. The minimum absolute atomic E-state index is 0.571. The minimum atomic E-state index is 0.571. The van der Waals surface area contributed by atoms with Gasteiger partial charge in [-0.05, 0) is 24.5 Å². The summed E-state index contributed by atoms with van der Waals surface area (Å²) in [5.74, 6) is 2.62. The Labute approximate surface area is 119 Å². The van der Waals surface area contributed by atoms with Crippen LogP contribution in [-0.4, -0.2) is 28.6 Å². The summed E-state index contributed by atoms with van der Waals surface area (Å²) in [5, 5.41) is 6.75. The molecule has 0 bridgehead atoms. The van der Waals surface area contributed by atoms with Gasteiger partial charge in [-0.1, -0.05) is 19.1 Å². The van der Waals surface area contributed by atoms with Crippen LogP contribution >= 0.6 is 0 Å². The highest BCUT2D eigenvalue weighted by atomic mass is 15.2. The molecule has 1 saturated carbocycles. The van der Waals surface area contributed by atoms with Crippen LogP contribution in [0.1, 0.15) is 19.2 Å². The molecule has 2 aromatic rings. The number of hydrogen-bond acceptors (Lipinski definition) is 2. The molecule has 2 unspecified atom stereocenters. The van der Waals surface area contributed by atoms with E-state index in [1.165, 1.54) is 6.42 Å². The molecular formula is C15H21N5. The zero-order chi connectivity index (χ0) is 14.1. The Kier molecular flexibility index (Phi) is 3.34. The van der Waals surface area contributed by atoms with Crippen molar-refractivity contribution in [3.8, 4) is 0 Å².